The fraction of sp³-hybridized carbons (Fsp3) is 1.00. The molecule has 1 heterocycles. The second-order valence-electron chi connectivity index (χ2n) is 3.77. The lowest BCUT2D eigenvalue weighted by atomic mass is 10.1. The van der Waals surface area contributed by atoms with E-state index in [4.69, 9.17) is 4.74 Å². The summed E-state index contributed by atoms with van der Waals surface area (Å²) < 4.78 is 28.5. The first-order valence-corrected chi connectivity index (χ1v) is 5.54. The molecule has 15 heavy (non-hydrogen) atoms. The number of halogens is 2. The van der Waals surface area contributed by atoms with Gasteiger partial charge in [-0.3, -0.25) is 4.90 Å². The second kappa shape index (κ2) is 7.09. The maximum atomic E-state index is 11.8. The summed E-state index contributed by atoms with van der Waals surface area (Å²) in [5, 5.41) is 3.32. The molecular formula is C10H20F2N2O. The van der Waals surface area contributed by atoms with Gasteiger partial charge in [0.25, 0.3) is 6.43 Å². The summed E-state index contributed by atoms with van der Waals surface area (Å²) in [5.41, 5.74) is 0. The molecule has 1 N–H and O–H groups in total. The third-order valence-electron chi connectivity index (χ3n) is 2.71. The van der Waals surface area contributed by atoms with Crippen LogP contribution in [0.2, 0.25) is 0 Å². The largest absolute Gasteiger partial charge is 0.374 e. The highest BCUT2D eigenvalue weighted by Crippen LogP contribution is 2.06. The fourth-order valence-electron chi connectivity index (χ4n) is 1.85. The zero-order valence-corrected chi connectivity index (χ0v) is 9.22. The number of ether oxygens (including phenoxy) is 1. The molecule has 0 amide bonds. The summed E-state index contributed by atoms with van der Waals surface area (Å²) >= 11 is 0. The molecule has 5 heteroatoms. The van der Waals surface area contributed by atoms with Gasteiger partial charge in [0.05, 0.1) is 6.61 Å². The van der Waals surface area contributed by atoms with E-state index < -0.39 is 13.0 Å². The number of hydrogen-bond donors (Lipinski definition) is 1. The van der Waals surface area contributed by atoms with Crippen molar-refractivity contribution in [2.45, 2.75) is 25.8 Å². The van der Waals surface area contributed by atoms with Crippen molar-refractivity contribution in [1.29, 1.82) is 0 Å². The van der Waals surface area contributed by atoms with Gasteiger partial charge in [0.2, 0.25) is 0 Å². The van der Waals surface area contributed by atoms with Crippen molar-refractivity contribution in [3.05, 3.63) is 0 Å². The van der Waals surface area contributed by atoms with E-state index >= 15 is 0 Å². The molecule has 1 unspecified atom stereocenters. The van der Waals surface area contributed by atoms with Crippen molar-refractivity contribution in [2.75, 3.05) is 39.4 Å². The summed E-state index contributed by atoms with van der Waals surface area (Å²) in [7, 11) is 0. The number of rotatable bonds is 6. The van der Waals surface area contributed by atoms with Crippen LogP contribution in [0.5, 0.6) is 0 Å². The monoisotopic (exact) mass is 222 g/mol. The average Bonchev–Trinajstić information content (AvgIpc) is 2.24. The van der Waals surface area contributed by atoms with E-state index in [0.29, 0.717) is 12.6 Å². The van der Waals surface area contributed by atoms with Gasteiger partial charge in [-0.25, -0.2) is 8.78 Å². The number of piperazine rings is 1. The SMILES string of the molecule is CCC1CNCCN1CCOCC(F)F. The van der Waals surface area contributed by atoms with Gasteiger partial charge in [-0.15, -0.1) is 0 Å². The lowest BCUT2D eigenvalue weighted by molar-refractivity contribution is 0.00366. The van der Waals surface area contributed by atoms with Gasteiger partial charge < -0.3 is 10.1 Å². The quantitative estimate of drug-likeness (QED) is 0.677. The first kappa shape index (κ1) is 12.8. The number of hydrogen-bond acceptors (Lipinski definition) is 3. The molecule has 1 rings (SSSR count). The molecule has 0 aromatic rings. The van der Waals surface area contributed by atoms with Gasteiger partial charge in [-0.2, -0.15) is 0 Å². The van der Waals surface area contributed by atoms with Crippen LogP contribution in [0.15, 0.2) is 0 Å². The Hall–Kier alpha value is -0.260. The van der Waals surface area contributed by atoms with Gasteiger partial charge in [0.1, 0.15) is 6.61 Å². The first-order valence-electron chi connectivity index (χ1n) is 5.54. The van der Waals surface area contributed by atoms with Crippen LogP contribution in [0.3, 0.4) is 0 Å². The maximum Gasteiger partial charge on any atom is 0.261 e. The minimum atomic E-state index is -2.35. The Morgan fingerprint density at radius 3 is 3.00 bits per heavy atom. The lowest BCUT2D eigenvalue weighted by Gasteiger charge is -2.35. The molecule has 3 nitrogen and oxygen atoms in total. The summed E-state index contributed by atoms with van der Waals surface area (Å²) in [6, 6.07) is 0.522. The van der Waals surface area contributed by atoms with E-state index in [2.05, 4.69) is 17.1 Å². The molecule has 1 saturated heterocycles. The highest BCUT2D eigenvalue weighted by atomic mass is 19.3. The van der Waals surface area contributed by atoms with Gasteiger partial charge in [0, 0.05) is 32.2 Å². The highest BCUT2D eigenvalue weighted by molar-refractivity contribution is 4.78. The van der Waals surface area contributed by atoms with Gasteiger partial charge >= 0.3 is 0 Å². The van der Waals surface area contributed by atoms with Crippen molar-refractivity contribution in [3.8, 4) is 0 Å². The van der Waals surface area contributed by atoms with Crippen LogP contribution >= 0.6 is 0 Å². The van der Waals surface area contributed by atoms with Crippen LogP contribution in [-0.2, 0) is 4.74 Å². The average molecular weight is 222 g/mol. The minimum Gasteiger partial charge on any atom is -0.374 e. The van der Waals surface area contributed by atoms with E-state index in [9.17, 15) is 8.78 Å². The summed E-state index contributed by atoms with van der Waals surface area (Å²) in [5.74, 6) is 0. The summed E-state index contributed by atoms with van der Waals surface area (Å²) in [6.45, 7) is 5.81. The lowest BCUT2D eigenvalue weighted by Crippen LogP contribution is -2.51. The zero-order chi connectivity index (χ0) is 11.1. The molecule has 0 radical (unpaired) electrons. The third kappa shape index (κ3) is 4.86. The van der Waals surface area contributed by atoms with Crippen molar-refractivity contribution < 1.29 is 13.5 Å². The smallest absolute Gasteiger partial charge is 0.261 e. The fourth-order valence-corrected chi connectivity index (χ4v) is 1.85. The van der Waals surface area contributed by atoms with Crippen LogP contribution < -0.4 is 5.32 Å². The van der Waals surface area contributed by atoms with Crippen molar-refractivity contribution in [3.63, 3.8) is 0 Å². The van der Waals surface area contributed by atoms with Crippen LogP contribution in [0, 0.1) is 0 Å². The Bertz CT molecular complexity index is 170. The Labute approximate surface area is 89.8 Å². The molecule has 1 atom stereocenters. The molecule has 0 spiro atoms. The highest BCUT2D eigenvalue weighted by Gasteiger charge is 2.19. The van der Waals surface area contributed by atoms with E-state index in [1.165, 1.54) is 0 Å². The standard InChI is InChI=1S/C10H20F2N2O/c1-2-9-7-13-3-4-14(9)5-6-15-8-10(11)12/h9-10,13H,2-8H2,1H3. The molecule has 90 valence electrons. The molecule has 0 aliphatic carbocycles. The first-order chi connectivity index (χ1) is 7.24. The molecular weight excluding hydrogens is 202 g/mol. The third-order valence-corrected chi connectivity index (χ3v) is 2.71. The zero-order valence-electron chi connectivity index (χ0n) is 9.22. The number of nitrogens with one attached hydrogen (secondary N) is 1. The van der Waals surface area contributed by atoms with E-state index in [1.807, 2.05) is 0 Å². The van der Waals surface area contributed by atoms with Crippen molar-refractivity contribution in [1.82, 2.24) is 10.2 Å². The van der Waals surface area contributed by atoms with Crippen molar-refractivity contribution in [2.24, 2.45) is 0 Å². The van der Waals surface area contributed by atoms with Crippen molar-refractivity contribution >= 4 is 0 Å². The van der Waals surface area contributed by atoms with Crippen LogP contribution in [0.4, 0.5) is 8.78 Å². The predicted molar refractivity (Wildman–Crippen MR) is 55.3 cm³/mol. The molecule has 1 fully saturated rings. The Morgan fingerprint density at radius 2 is 2.33 bits per heavy atom. The Morgan fingerprint density at radius 1 is 1.53 bits per heavy atom. The number of alkyl halides is 2. The van der Waals surface area contributed by atoms with E-state index in [-0.39, 0.29) is 0 Å². The van der Waals surface area contributed by atoms with Crippen LogP contribution in [-0.4, -0.2) is 56.8 Å². The topological polar surface area (TPSA) is 24.5 Å². The van der Waals surface area contributed by atoms with Crippen LogP contribution in [0.1, 0.15) is 13.3 Å². The van der Waals surface area contributed by atoms with Gasteiger partial charge in [0.15, 0.2) is 0 Å². The summed E-state index contributed by atoms with van der Waals surface area (Å²) in [4.78, 5) is 2.31. The van der Waals surface area contributed by atoms with Gasteiger partial charge in [-0.1, -0.05) is 6.92 Å². The minimum absolute atomic E-state index is 0.404. The van der Waals surface area contributed by atoms with Gasteiger partial charge in [-0.05, 0) is 6.42 Å². The number of nitrogens with zero attached hydrogens (tertiary/aromatic N) is 1. The summed E-state index contributed by atoms with van der Waals surface area (Å²) in [6.07, 6.45) is -1.27. The molecule has 0 aromatic heterocycles. The Kier molecular flexibility index (Phi) is 6.05. The molecule has 0 saturated carbocycles. The van der Waals surface area contributed by atoms with E-state index in [0.717, 1.165) is 32.6 Å². The molecule has 1 aliphatic heterocycles. The Balaban J connectivity index is 2.12. The maximum absolute atomic E-state index is 11.8. The molecule has 1 aliphatic rings. The molecule has 0 bridgehead atoms. The van der Waals surface area contributed by atoms with Crippen LogP contribution in [0.25, 0.3) is 0 Å². The predicted octanol–water partition coefficient (Wildman–Crippen LogP) is 0.952. The normalized spacial score (nSPS) is 23.6. The second-order valence-corrected chi connectivity index (χ2v) is 3.77. The van der Waals surface area contributed by atoms with E-state index in [1.54, 1.807) is 0 Å². The molecule has 0 aromatic carbocycles.